The van der Waals surface area contributed by atoms with Gasteiger partial charge in [-0.3, -0.25) is 14.4 Å². The molecule has 5 heteroatoms. The standard InChI is InChI=1S/C38H33NO4/c1-23(2)22-24-12-14-27(15-13-24)35(40)34-33(26-16-19-28(43-3)20-17-26)38(36(41)29-9-5-6-10-30(29)37(38)42)32-21-18-25-8-4-7-11-31(25)39(32)34/h4-21,23,32-34H,22H2,1-3H3/t32-,33+,34-/m1/s1. The van der Waals surface area contributed by atoms with Crippen LogP contribution in [0.3, 0.4) is 0 Å². The van der Waals surface area contributed by atoms with E-state index in [1.54, 1.807) is 31.4 Å². The normalized spacial score (nSPS) is 21.2. The lowest BCUT2D eigenvalue weighted by Gasteiger charge is -2.37. The first-order chi connectivity index (χ1) is 20.9. The summed E-state index contributed by atoms with van der Waals surface area (Å²) in [5, 5.41) is 0. The fourth-order valence-electron chi connectivity index (χ4n) is 7.55. The molecule has 43 heavy (non-hydrogen) atoms. The molecule has 4 aromatic carbocycles. The van der Waals surface area contributed by atoms with Crippen molar-refractivity contribution in [2.75, 3.05) is 12.0 Å². The number of Topliss-reactive ketones (excluding diaryl/α,β-unsaturated/α-hetero) is 3. The highest BCUT2D eigenvalue weighted by Crippen LogP contribution is 2.61. The number of ether oxygens (including phenoxy) is 1. The topological polar surface area (TPSA) is 63.7 Å². The molecule has 0 unspecified atom stereocenters. The van der Waals surface area contributed by atoms with Gasteiger partial charge in [-0.25, -0.2) is 0 Å². The van der Waals surface area contributed by atoms with Gasteiger partial charge in [0.1, 0.15) is 17.2 Å². The van der Waals surface area contributed by atoms with Gasteiger partial charge in [-0.1, -0.05) is 105 Å². The van der Waals surface area contributed by atoms with Crippen LogP contribution in [0.15, 0.2) is 103 Å². The van der Waals surface area contributed by atoms with Crippen LogP contribution in [0.2, 0.25) is 0 Å². The summed E-state index contributed by atoms with van der Waals surface area (Å²) in [7, 11) is 1.60. The molecule has 0 bridgehead atoms. The number of hydrogen-bond acceptors (Lipinski definition) is 5. The van der Waals surface area contributed by atoms with E-state index in [2.05, 4.69) is 18.7 Å². The van der Waals surface area contributed by atoms with E-state index in [1.165, 1.54) is 5.56 Å². The Morgan fingerprint density at radius 3 is 2.09 bits per heavy atom. The molecular weight excluding hydrogens is 534 g/mol. The Bertz CT molecular complexity index is 1750. The molecule has 214 valence electrons. The second kappa shape index (κ2) is 10.2. The van der Waals surface area contributed by atoms with Crippen LogP contribution in [0.25, 0.3) is 6.08 Å². The first kappa shape index (κ1) is 27.1. The van der Waals surface area contributed by atoms with E-state index < -0.39 is 23.4 Å². The lowest BCUT2D eigenvalue weighted by molar-refractivity contribution is 0.0666. The summed E-state index contributed by atoms with van der Waals surface area (Å²) in [5.41, 5.74) is 3.61. The van der Waals surface area contributed by atoms with Gasteiger partial charge < -0.3 is 9.64 Å². The van der Waals surface area contributed by atoms with Crippen LogP contribution in [-0.2, 0) is 6.42 Å². The molecule has 3 atom stereocenters. The van der Waals surface area contributed by atoms with Crippen molar-refractivity contribution in [3.05, 3.63) is 137 Å². The monoisotopic (exact) mass is 567 g/mol. The van der Waals surface area contributed by atoms with Gasteiger partial charge in [0.25, 0.3) is 0 Å². The number of carbonyl (C=O) groups is 3. The van der Waals surface area contributed by atoms with Crippen LogP contribution in [0.1, 0.15) is 67.5 Å². The van der Waals surface area contributed by atoms with Crippen molar-refractivity contribution in [1.29, 1.82) is 0 Å². The minimum Gasteiger partial charge on any atom is -0.497 e. The fourth-order valence-corrected chi connectivity index (χ4v) is 7.55. The molecule has 1 fully saturated rings. The molecule has 4 aromatic rings. The van der Waals surface area contributed by atoms with Gasteiger partial charge in [-0.2, -0.15) is 0 Å². The maximum atomic E-state index is 14.9. The van der Waals surface area contributed by atoms with Crippen molar-refractivity contribution in [2.24, 2.45) is 11.3 Å². The zero-order chi connectivity index (χ0) is 29.9. The summed E-state index contributed by atoms with van der Waals surface area (Å²) >= 11 is 0. The summed E-state index contributed by atoms with van der Waals surface area (Å²) in [6.07, 6.45) is 4.86. The fraction of sp³-hybridized carbons (Fsp3) is 0.237. The molecule has 7 rings (SSSR count). The van der Waals surface area contributed by atoms with Crippen LogP contribution in [0, 0.1) is 11.3 Å². The second-order valence-corrected chi connectivity index (χ2v) is 12.2. The number of carbonyl (C=O) groups excluding carboxylic acids is 3. The van der Waals surface area contributed by atoms with E-state index >= 15 is 0 Å². The molecule has 0 amide bonds. The highest BCUT2D eigenvalue weighted by atomic mass is 16.5. The third-order valence-corrected chi connectivity index (χ3v) is 9.34. The molecular formula is C38H33NO4. The third kappa shape index (κ3) is 3.94. The van der Waals surface area contributed by atoms with Gasteiger partial charge in [0.15, 0.2) is 17.3 Å². The van der Waals surface area contributed by atoms with E-state index in [0.29, 0.717) is 28.4 Å². The number of para-hydroxylation sites is 1. The molecule has 3 aliphatic rings. The molecule has 0 N–H and O–H groups in total. The molecule has 5 nitrogen and oxygen atoms in total. The Morgan fingerprint density at radius 2 is 1.47 bits per heavy atom. The van der Waals surface area contributed by atoms with Crippen molar-refractivity contribution in [3.8, 4) is 5.75 Å². The van der Waals surface area contributed by atoms with Gasteiger partial charge in [0, 0.05) is 28.3 Å². The maximum Gasteiger partial charge on any atom is 0.185 e. The highest BCUT2D eigenvalue weighted by molar-refractivity contribution is 6.32. The van der Waals surface area contributed by atoms with Crippen molar-refractivity contribution in [1.82, 2.24) is 0 Å². The average Bonchev–Trinajstić information content (AvgIpc) is 3.47. The Labute approximate surface area is 251 Å². The third-order valence-electron chi connectivity index (χ3n) is 9.34. The second-order valence-electron chi connectivity index (χ2n) is 12.2. The molecule has 2 aliphatic heterocycles. The minimum atomic E-state index is -1.51. The number of methoxy groups -OCH3 is 1. The maximum absolute atomic E-state index is 14.9. The first-order valence-electron chi connectivity index (χ1n) is 14.9. The molecule has 1 aliphatic carbocycles. The molecule has 0 aromatic heterocycles. The molecule has 2 heterocycles. The Hall–Kier alpha value is -4.77. The first-order valence-corrected chi connectivity index (χ1v) is 14.9. The molecule has 1 saturated heterocycles. The summed E-state index contributed by atoms with van der Waals surface area (Å²) in [6, 6.07) is 28.8. The van der Waals surface area contributed by atoms with Crippen molar-refractivity contribution < 1.29 is 19.1 Å². The number of rotatable bonds is 6. The van der Waals surface area contributed by atoms with Crippen LogP contribution in [0.5, 0.6) is 5.75 Å². The zero-order valence-electron chi connectivity index (χ0n) is 24.5. The summed E-state index contributed by atoms with van der Waals surface area (Å²) in [5.74, 6) is -0.148. The van der Waals surface area contributed by atoms with E-state index in [-0.39, 0.29) is 17.3 Å². The predicted molar refractivity (Wildman–Crippen MR) is 168 cm³/mol. The smallest absolute Gasteiger partial charge is 0.185 e. The summed E-state index contributed by atoms with van der Waals surface area (Å²) < 4.78 is 5.44. The quantitative estimate of drug-likeness (QED) is 0.182. The Kier molecular flexibility index (Phi) is 6.42. The van der Waals surface area contributed by atoms with Crippen molar-refractivity contribution in [2.45, 2.75) is 38.3 Å². The summed E-state index contributed by atoms with van der Waals surface area (Å²) in [4.78, 5) is 46.4. The van der Waals surface area contributed by atoms with E-state index in [9.17, 15) is 14.4 Å². The van der Waals surface area contributed by atoms with Gasteiger partial charge in [-0.15, -0.1) is 0 Å². The van der Waals surface area contributed by atoms with E-state index in [1.807, 2.05) is 84.9 Å². The van der Waals surface area contributed by atoms with Crippen LogP contribution in [0.4, 0.5) is 5.69 Å². The molecule has 0 radical (unpaired) electrons. The number of ketones is 3. The number of anilines is 1. The number of fused-ring (bicyclic) bond motifs is 5. The largest absolute Gasteiger partial charge is 0.497 e. The lowest BCUT2D eigenvalue weighted by atomic mass is 9.64. The highest BCUT2D eigenvalue weighted by Gasteiger charge is 2.71. The van der Waals surface area contributed by atoms with Crippen LogP contribution >= 0.6 is 0 Å². The number of hydrogen-bond donors (Lipinski definition) is 0. The van der Waals surface area contributed by atoms with Gasteiger partial charge >= 0.3 is 0 Å². The van der Waals surface area contributed by atoms with Gasteiger partial charge in [-0.05, 0) is 47.2 Å². The Balaban J connectivity index is 1.48. The number of benzene rings is 4. The van der Waals surface area contributed by atoms with Crippen molar-refractivity contribution >= 4 is 29.1 Å². The Morgan fingerprint density at radius 1 is 0.837 bits per heavy atom. The SMILES string of the molecule is COc1ccc([C@H]2[C@H](C(=O)c3ccc(CC(C)C)cc3)N3c4ccccc4C=C[C@@H]3C23C(=O)c2ccccc2C3=O)cc1. The zero-order valence-corrected chi connectivity index (χ0v) is 24.5. The lowest BCUT2D eigenvalue weighted by Crippen LogP contribution is -2.48. The van der Waals surface area contributed by atoms with Gasteiger partial charge in [0.2, 0.25) is 0 Å². The molecule has 0 saturated carbocycles. The predicted octanol–water partition coefficient (Wildman–Crippen LogP) is 7.21. The minimum absolute atomic E-state index is 0.111. The van der Waals surface area contributed by atoms with Crippen LogP contribution in [-0.4, -0.2) is 36.5 Å². The van der Waals surface area contributed by atoms with Gasteiger partial charge in [0.05, 0.1) is 13.2 Å². The van der Waals surface area contributed by atoms with Crippen molar-refractivity contribution in [3.63, 3.8) is 0 Å². The number of nitrogens with zero attached hydrogens (tertiary/aromatic N) is 1. The van der Waals surface area contributed by atoms with E-state index in [4.69, 9.17) is 4.74 Å². The average molecular weight is 568 g/mol. The van der Waals surface area contributed by atoms with E-state index in [0.717, 1.165) is 23.2 Å². The summed E-state index contributed by atoms with van der Waals surface area (Å²) in [6.45, 7) is 4.34. The van der Waals surface area contributed by atoms with Crippen LogP contribution < -0.4 is 9.64 Å². The molecule has 1 spiro atoms.